The second-order valence-corrected chi connectivity index (χ2v) is 6.48. The second kappa shape index (κ2) is 5.41. The van der Waals surface area contributed by atoms with Crippen molar-refractivity contribution in [3.63, 3.8) is 0 Å². The molecule has 0 spiro atoms. The van der Waals surface area contributed by atoms with Crippen molar-refractivity contribution in [3.05, 3.63) is 18.3 Å². The van der Waals surface area contributed by atoms with E-state index in [-0.39, 0.29) is 22.9 Å². The molecule has 19 heavy (non-hydrogen) atoms. The van der Waals surface area contributed by atoms with Crippen LogP contribution in [0.2, 0.25) is 0 Å². The lowest BCUT2D eigenvalue weighted by Crippen LogP contribution is -2.48. The van der Waals surface area contributed by atoms with E-state index in [0.29, 0.717) is 13.1 Å². The minimum absolute atomic E-state index is 0.0822. The molecule has 1 aliphatic heterocycles. The van der Waals surface area contributed by atoms with Gasteiger partial charge in [-0.3, -0.25) is 0 Å². The summed E-state index contributed by atoms with van der Waals surface area (Å²) in [6.07, 6.45) is 1.22. The number of nitrogens with one attached hydrogen (secondary N) is 1. The van der Waals surface area contributed by atoms with Crippen LogP contribution in [-0.4, -0.2) is 43.0 Å². The summed E-state index contributed by atoms with van der Waals surface area (Å²) in [7, 11) is -3.62. The Balaban J connectivity index is 2.36. The molecule has 7 nitrogen and oxygen atoms in total. The Morgan fingerprint density at radius 2 is 2.05 bits per heavy atom. The van der Waals surface area contributed by atoms with E-state index in [2.05, 4.69) is 10.4 Å². The second-order valence-electron chi connectivity index (χ2n) is 4.57. The molecule has 2 rings (SSSR count). The Morgan fingerprint density at radius 3 is 2.63 bits per heavy atom. The van der Waals surface area contributed by atoms with Gasteiger partial charge in [0.15, 0.2) is 5.82 Å². The van der Waals surface area contributed by atoms with Gasteiger partial charge in [-0.15, -0.1) is 0 Å². The number of hydrogen-bond donors (Lipinski definition) is 2. The Kier molecular flexibility index (Phi) is 4.04. The van der Waals surface area contributed by atoms with Crippen molar-refractivity contribution in [2.45, 2.75) is 31.0 Å². The number of nitrogens with zero attached hydrogens (tertiary/aromatic N) is 2. The molecular formula is C11H18N4O3S. The van der Waals surface area contributed by atoms with Gasteiger partial charge in [0.25, 0.3) is 0 Å². The topological polar surface area (TPSA) is 97.6 Å². The normalized spacial score (nSPS) is 25.2. The van der Waals surface area contributed by atoms with Gasteiger partial charge >= 0.3 is 0 Å². The predicted molar refractivity (Wildman–Crippen MR) is 70.8 cm³/mol. The van der Waals surface area contributed by atoms with Crippen molar-refractivity contribution >= 4 is 15.8 Å². The summed E-state index contributed by atoms with van der Waals surface area (Å²) in [6, 6.07) is 3.06. The monoisotopic (exact) mass is 286 g/mol. The molecule has 0 radical (unpaired) electrons. The largest absolute Gasteiger partial charge is 0.373 e. The zero-order chi connectivity index (χ0) is 14.0. The lowest BCUT2D eigenvalue weighted by Gasteiger charge is -2.34. The van der Waals surface area contributed by atoms with Crippen LogP contribution in [0.15, 0.2) is 23.2 Å². The number of nitrogens with two attached hydrogens (primary N) is 1. The van der Waals surface area contributed by atoms with Crippen molar-refractivity contribution in [3.8, 4) is 0 Å². The summed E-state index contributed by atoms with van der Waals surface area (Å²) in [4.78, 5) is 4.01. The number of pyridine rings is 1. The quantitative estimate of drug-likeness (QED) is 0.607. The number of ether oxygens (including phenoxy) is 1. The lowest BCUT2D eigenvalue weighted by molar-refractivity contribution is -0.0440. The van der Waals surface area contributed by atoms with Gasteiger partial charge in [-0.1, -0.05) is 0 Å². The van der Waals surface area contributed by atoms with Gasteiger partial charge in [0.2, 0.25) is 10.0 Å². The number of rotatable bonds is 3. The fourth-order valence-corrected chi connectivity index (χ4v) is 3.87. The number of hydrogen-bond acceptors (Lipinski definition) is 6. The number of sulfonamides is 1. The molecule has 8 heteroatoms. The van der Waals surface area contributed by atoms with Crippen LogP contribution in [-0.2, 0) is 14.8 Å². The maximum Gasteiger partial charge on any atom is 0.246 e. The Bertz CT molecular complexity index is 539. The van der Waals surface area contributed by atoms with Gasteiger partial charge in [-0.2, -0.15) is 4.31 Å². The zero-order valence-corrected chi connectivity index (χ0v) is 11.7. The van der Waals surface area contributed by atoms with E-state index in [1.54, 1.807) is 6.07 Å². The Labute approximate surface area is 112 Å². The molecule has 0 aliphatic carbocycles. The molecule has 0 aromatic carbocycles. The van der Waals surface area contributed by atoms with Crippen LogP contribution >= 0.6 is 0 Å². The molecule has 0 unspecified atom stereocenters. The highest BCUT2D eigenvalue weighted by Crippen LogP contribution is 2.24. The first-order valence-electron chi connectivity index (χ1n) is 6.02. The molecule has 2 atom stereocenters. The molecule has 106 valence electrons. The van der Waals surface area contributed by atoms with E-state index in [9.17, 15) is 8.42 Å². The predicted octanol–water partition coefficient (Wildman–Crippen LogP) is 0.165. The zero-order valence-electron chi connectivity index (χ0n) is 10.9. The number of aromatic nitrogens is 1. The van der Waals surface area contributed by atoms with E-state index in [0.717, 1.165) is 0 Å². The first kappa shape index (κ1) is 14.2. The van der Waals surface area contributed by atoms with Gasteiger partial charge in [0, 0.05) is 19.3 Å². The van der Waals surface area contributed by atoms with Crippen molar-refractivity contribution in [1.29, 1.82) is 0 Å². The molecule has 1 fully saturated rings. The minimum Gasteiger partial charge on any atom is -0.373 e. The van der Waals surface area contributed by atoms with Crippen molar-refractivity contribution < 1.29 is 13.2 Å². The van der Waals surface area contributed by atoms with E-state index in [4.69, 9.17) is 10.6 Å². The molecule has 1 aromatic heterocycles. The minimum atomic E-state index is -3.62. The molecule has 0 bridgehead atoms. The smallest absolute Gasteiger partial charge is 0.246 e. The van der Waals surface area contributed by atoms with Gasteiger partial charge < -0.3 is 10.2 Å². The van der Waals surface area contributed by atoms with Gasteiger partial charge in [-0.25, -0.2) is 19.2 Å². The third kappa shape index (κ3) is 2.86. The number of morpholine rings is 1. The SMILES string of the molecule is C[C@@H]1CN(S(=O)(=O)c2cccnc2NN)C[C@H](C)O1. The van der Waals surface area contributed by atoms with E-state index >= 15 is 0 Å². The van der Waals surface area contributed by atoms with Gasteiger partial charge in [-0.05, 0) is 26.0 Å². The highest BCUT2D eigenvalue weighted by atomic mass is 32.2. The summed E-state index contributed by atoms with van der Waals surface area (Å²) < 4.78 is 32.1. The van der Waals surface area contributed by atoms with E-state index < -0.39 is 10.0 Å². The summed E-state index contributed by atoms with van der Waals surface area (Å²) in [5, 5.41) is 0. The number of nitrogen functional groups attached to an aromatic ring is 1. The number of anilines is 1. The average molecular weight is 286 g/mol. The molecule has 2 heterocycles. The maximum absolute atomic E-state index is 12.6. The fourth-order valence-electron chi connectivity index (χ4n) is 2.17. The van der Waals surface area contributed by atoms with Gasteiger partial charge in [0.1, 0.15) is 4.90 Å². The fraction of sp³-hybridized carbons (Fsp3) is 0.545. The van der Waals surface area contributed by atoms with Crippen LogP contribution in [0.5, 0.6) is 0 Å². The summed E-state index contributed by atoms with van der Waals surface area (Å²) in [5.41, 5.74) is 2.32. The number of hydrazine groups is 1. The standard InChI is InChI=1S/C11H18N4O3S/c1-8-6-15(7-9(2)18-8)19(16,17)10-4-3-5-13-11(10)14-12/h3-5,8-9H,6-7,12H2,1-2H3,(H,13,14)/t8-,9+. The molecule has 0 amide bonds. The average Bonchev–Trinajstić information content (AvgIpc) is 2.37. The van der Waals surface area contributed by atoms with E-state index in [1.165, 1.54) is 16.6 Å². The molecule has 1 aliphatic rings. The van der Waals surface area contributed by atoms with Crippen LogP contribution in [0.1, 0.15) is 13.8 Å². The highest BCUT2D eigenvalue weighted by Gasteiger charge is 2.33. The molecule has 1 aromatic rings. The van der Waals surface area contributed by atoms with Crippen molar-refractivity contribution in [2.24, 2.45) is 5.84 Å². The van der Waals surface area contributed by atoms with Crippen LogP contribution < -0.4 is 11.3 Å². The summed E-state index contributed by atoms with van der Waals surface area (Å²) in [5.74, 6) is 5.46. The molecule has 3 N–H and O–H groups in total. The third-order valence-corrected chi connectivity index (χ3v) is 4.77. The lowest BCUT2D eigenvalue weighted by atomic mass is 10.3. The van der Waals surface area contributed by atoms with Crippen LogP contribution in [0.3, 0.4) is 0 Å². The first-order valence-corrected chi connectivity index (χ1v) is 7.46. The van der Waals surface area contributed by atoms with Gasteiger partial charge in [0.05, 0.1) is 12.2 Å². The third-order valence-electron chi connectivity index (χ3n) is 2.91. The Hall–Kier alpha value is -1.22. The molecular weight excluding hydrogens is 268 g/mol. The van der Waals surface area contributed by atoms with Crippen molar-refractivity contribution in [2.75, 3.05) is 18.5 Å². The van der Waals surface area contributed by atoms with Crippen LogP contribution in [0.25, 0.3) is 0 Å². The first-order chi connectivity index (χ1) is 8.95. The summed E-state index contributed by atoms with van der Waals surface area (Å²) in [6.45, 7) is 4.35. The highest BCUT2D eigenvalue weighted by molar-refractivity contribution is 7.89. The Morgan fingerprint density at radius 1 is 1.42 bits per heavy atom. The molecule has 1 saturated heterocycles. The van der Waals surface area contributed by atoms with E-state index in [1.807, 2.05) is 13.8 Å². The van der Waals surface area contributed by atoms with Crippen molar-refractivity contribution in [1.82, 2.24) is 9.29 Å². The maximum atomic E-state index is 12.6. The van der Waals surface area contributed by atoms with Crippen LogP contribution in [0.4, 0.5) is 5.82 Å². The summed E-state index contributed by atoms with van der Waals surface area (Å²) >= 11 is 0. The van der Waals surface area contributed by atoms with Crippen LogP contribution in [0, 0.1) is 0 Å². The molecule has 0 saturated carbocycles.